The van der Waals surface area contributed by atoms with E-state index in [0.29, 0.717) is 0 Å². The number of thiophene rings is 1. The molecule has 0 radical (unpaired) electrons. The van der Waals surface area contributed by atoms with Gasteiger partial charge in [-0.15, -0.1) is 11.3 Å². The molecule has 1 aromatic rings. The molecule has 0 aliphatic rings. The second kappa shape index (κ2) is 5.05. The van der Waals surface area contributed by atoms with Crippen molar-refractivity contribution in [3.05, 3.63) is 20.3 Å². The van der Waals surface area contributed by atoms with E-state index < -0.39 is 0 Å². The Hall–Kier alpha value is -0.190. The number of halogens is 1. The first-order chi connectivity index (χ1) is 6.50. The standard InChI is InChI=1S/C10H13BrO2S/c1-6(2)13-5-8(12)9-4-7(3)10(11)14-9/h4,6H,5H2,1-3H3. The second-order valence-electron chi connectivity index (χ2n) is 3.35. The number of aryl methyl sites for hydroxylation is 1. The number of ether oxygens (including phenoxy) is 1. The molecular formula is C10H13BrO2S. The molecule has 78 valence electrons. The highest BCUT2D eigenvalue weighted by Gasteiger charge is 2.11. The molecule has 1 heterocycles. The van der Waals surface area contributed by atoms with Crippen molar-refractivity contribution >= 4 is 33.0 Å². The fourth-order valence-corrected chi connectivity index (χ4v) is 2.37. The van der Waals surface area contributed by atoms with Crippen LogP contribution in [0, 0.1) is 6.92 Å². The number of hydrogen-bond acceptors (Lipinski definition) is 3. The minimum atomic E-state index is 0.0532. The average molecular weight is 277 g/mol. The molecule has 0 amide bonds. The number of rotatable bonds is 4. The number of ketones is 1. The Bertz CT molecular complexity index is 311. The summed E-state index contributed by atoms with van der Waals surface area (Å²) >= 11 is 4.85. The predicted octanol–water partition coefficient (Wildman–Crippen LogP) is 3.43. The Balaban J connectivity index is 2.61. The number of Topliss-reactive ketones (excluding diaryl/α,β-unsaturated/α-hetero) is 1. The summed E-state index contributed by atoms with van der Waals surface area (Å²) in [6, 6.07) is 1.89. The monoisotopic (exact) mass is 276 g/mol. The van der Waals surface area contributed by atoms with Crippen LogP contribution in [-0.2, 0) is 4.74 Å². The van der Waals surface area contributed by atoms with E-state index in [1.807, 2.05) is 26.8 Å². The third kappa shape index (κ3) is 3.19. The van der Waals surface area contributed by atoms with Crippen molar-refractivity contribution in [1.82, 2.24) is 0 Å². The fraction of sp³-hybridized carbons (Fsp3) is 0.500. The lowest BCUT2D eigenvalue weighted by atomic mass is 10.3. The maximum Gasteiger partial charge on any atom is 0.198 e. The summed E-state index contributed by atoms with van der Waals surface area (Å²) in [7, 11) is 0. The Kier molecular flexibility index (Phi) is 4.29. The average Bonchev–Trinajstić information content (AvgIpc) is 2.43. The van der Waals surface area contributed by atoms with Gasteiger partial charge in [0.15, 0.2) is 5.78 Å². The van der Waals surface area contributed by atoms with Gasteiger partial charge in [0.05, 0.1) is 14.8 Å². The molecule has 0 atom stereocenters. The van der Waals surface area contributed by atoms with E-state index in [-0.39, 0.29) is 18.5 Å². The molecule has 1 rings (SSSR count). The topological polar surface area (TPSA) is 26.3 Å². The minimum Gasteiger partial charge on any atom is -0.371 e. The second-order valence-corrected chi connectivity index (χ2v) is 5.72. The largest absolute Gasteiger partial charge is 0.371 e. The van der Waals surface area contributed by atoms with Crippen LogP contribution in [-0.4, -0.2) is 18.5 Å². The maximum atomic E-state index is 11.6. The van der Waals surface area contributed by atoms with Gasteiger partial charge in [-0.3, -0.25) is 4.79 Å². The Morgan fingerprint density at radius 1 is 1.64 bits per heavy atom. The van der Waals surface area contributed by atoms with E-state index >= 15 is 0 Å². The van der Waals surface area contributed by atoms with Crippen molar-refractivity contribution in [2.45, 2.75) is 26.9 Å². The zero-order chi connectivity index (χ0) is 10.7. The molecule has 0 bridgehead atoms. The van der Waals surface area contributed by atoms with Gasteiger partial charge in [0, 0.05) is 0 Å². The lowest BCUT2D eigenvalue weighted by molar-refractivity contribution is 0.0588. The molecule has 0 saturated heterocycles. The molecule has 0 N–H and O–H groups in total. The van der Waals surface area contributed by atoms with Gasteiger partial charge < -0.3 is 4.74 Å². The molecule has 1 aromatic heterocycles. The molecule has 0 aromatic carbocycles. The van der Waals surface area contributed by atoms with Gasteiger partial charge in [-0.2, -0.15) is 0 Å². The zero-order valence-electron chi connectivity index (χ0n) is 8.46. The van der Waals surface area contributed by atoms with Gasteiger partial charge in [0.1, 0.15) is 6.61 Å². The zero-order valence-corrected chi connectivity index (χ0v) is 10.9. The highest BCUT2D eigenvalue weighted by atomic mass is 79.9. The van der Waals surface area contributed by atoms with Gasteiger partial charge in [0.2, 0.25) is 0 Å². The van der Waals surface area contributed by atoms with E-state index in [4.69, 9.17) is 4.74 Å². The fourth-order valence-electron chi connectivity index (χ4n) is 0.911. The van der Waals surface area contributed by atoms with E-state index in [9.17, 15) is 4.79 Å². The first kappa shape index (κ1) is 11.9. The van der Waals surface area contributed by atoms with Crippen LogP contribution in [0.5, 0.6) is 0 Å². The third-order valence-electron chi connectivity index (χ3n) is 1.68. The normalized spacial score (nSPS) is 10.9. The summed E-state index contributed by atoms with van der Waals surface area (Å²) < 4.78 is 6.27. The van der Waals surface area contributed by atoms with Crippen LogP contribution in [0.15, 0.2) is 9.85 Å². The Morgan fingerprint density at radius 2 is 2.29 bits per heavy atom. The van der Waals surface area contributed by atoms with Crippen LogP contribution in [0.1, 0.15) is 29.1 Å². The minimum absolute atomic E-state index is 0.0532. The van der Waals surface area contributed by atoms with E-state index in [2.05, 4.69) is 15.9 Å². The predicted molar refractivity (Wildman–Crippen MR) is 62.2 cm³/mol. The molecule has 0 unspecified atom stereocenters. The van der Waals surface area contributed by atoms with Gasteiger partial charge in [-0.1, -0.05) is 0 Å². The van der Waals surface area contributed by atoms with Crippen molar-refractivity contribution in [3.63, 3.8) is 0 Å². The van der Waals surface area contributed by atoms with Crippen molar-refractivity contribution in [1.29, 1.82) is 0 Å². The molecule has 0 spiro atoms. The molecule has 4 heteroatoms. The summed E-state index contributed by atoms with van der Waals surface area (Å²) in [5.41, 5.74) is 1.10. The highest BCUT2D eigenvalue weighted by Crippen LogP contribution is 2.27. The van der Waals surface area contributed by atoms with Gasteiger partial charge in [0.25, 0.3) is 0 Å². The van der Waals surface area contributed by atoms with Gasteiger partial charge >= 0.3 is 0 Å². The molecule has 2 nitrogen and oxygen atoms in total. The van der Waals surface area contributed by atoms with Crippen LogP contribution in [0.3, 0.4) is 0 Å². The molecule has 0 aliphatic heterocycles. The van der Waals surface area contributed by atoms with Crippen LogP contribution >= 0.6 is 27.3 Å². The number of hydrogen-bond donors (Lipinski definition) is 0. The van der Waals surface area contributed by atoms with Crippen LogP contribution < -0.4 is 0 Å². The molecular weight excluding hydrogens is 264 g/mol. The highest BCUT2D eigenvalue weighted by molar-refractivity contribution is 9.11. The summed E-state index contributed by atoms with van der Waals surface area (Å²) in [4.78, 5) is 12.3. The smallest absolute Gasteiger partial charge is 0.198 e. The maximum absolute atomic E-state index is 11.6. The van der Waals surface area contributed by atoms with Crippen LogP contribution in [0.2, 0.25) is 0 Å². The summed E-state index contributed by atoms with van der Waals surface area (Å²) in [5.74, 6) is 0.0532. The Morgan fingerprint density at radius 3 is 2.71 bits per heavy atom. The van der Waals surface area contributed by atoms with Crippen molar-refractivity contribution in [3.8, 4) is 0 Å². The number of carbonyl (C=O) groups excluding carboxylic acids is 1. The Labute approximate surface area is 96.4 Å². The molecule has 0 fully saturated rings. The van der Waals surface area contributed by atoms with E-state index in [0.717, 1.165) is 14.2 Å². The SMILES string of the molecule is Cc1cc(C(=O)COC(C)C)sc1Br. The van der Waals surface area contributed by atoms with E-state index in [1.54, 1.807) is 0 Å². The first-order valence-corrected chi connectivity index (χ1v) is 6.02. The third-order valence-corrected chi connectivity index (χ3v) is 3.86. The van der Waals surface area contributed by atoms with Crippen molar-refractivity contribution < 1.29 is 9.53 Å². The lowest BCUT2D eigenvalue weighted by Crippen LogP contribution is -2.12. The lowest BCUT2D eigenvalue weighted by Gasteiger charge is -2.04. The summed E-state index contributed by atoms with van der Waals surface area (Å²) in [5, 5.41) is 0. The van der Waals surface area contributed by atoms with Crippen LogP contribution in [0.4, 0.5) is 0 Å². The first-order valence-electron chi connectivity index (χ1n) is 4.41. The van der Waals surface area contributed by atoms with Crippen molar-refractivity contribution in [2.24, 2.45) is 0 Å². The van der Waals surface area contributed by atoms with Crippen molar-refractivity contribution in [2.75, 3.05) is 6.61 Å². The molecule has 14 heavy (non-hydrogen) atoms. The summed E-state index contributed by atoms with van der Waals surface area (Å²) in [6.45, 7) is 5.98. The van der Waals surface area contributed by atoms with Gasteiger partial charge in [-0.05, 0) is 48.3 Å². The summed E-state index contributed by atoms with van der Waals surface area (Å²) in [6.07, 6.45) is 0.100. The van der Waals surface area contributed by atoms with Gasteiger partial charge in [-0.25, -0.2) is 0 Å². The quantitative estimate of drug-likeness (QED) is 0.788. The molecule has 0 saturated carbocycles. The van der Waals surface area contributed by atoms with E-state index in [1.165, 1.54) is 11.3 Å². The number of carbonyl (C=O) groups is 1. The van der Waals surface area contributed by atoms with Crippen LogP contribution in [0.25, 0.3) is 0 Å². The molecule has 0 aliphatic carbocycles.